The van der Waals surface area contributed by atoms with Crippen molar-refractivity contribution in [2.24, 2.45) is 0 Å². The molecule has 1 N–H and O–H groups in total. The molecule has 2 heterocycles. The number of para-hydroxylation sites is 1. The number of pyridine rings is 1. The summed E-state index contributed by atoms with van der Waals surface area (Å²) in [6.07, 6.45) is 1.92. The van der Waals surface area contributed by atoms with Gasteiger partial charge in [0.1, 0.15) is 17.1 Å². The smallest absolute Gasteiger partial charge is 0.258 e. The minimum Gasteiger partial charge on any atom is -0.505 e. The van der Waals surface area contributed by atoms with E-state index in [2.05, 4.69) is 4.98 Å². The van der Waals surface area contributed by atoms with Gasteiger partial charge in [-0.3, -0.25) is 4.79 Å². The molecule has 0 radical (unpaired) electrons. The number of hydrogen-bond acceptors (Lipinski definition) is 3. The van der Waals surface area contributed by atoms with Gasteiger partial charge in [-0.1, -0.05) is 12.1 Å². The summed E-state index contributed by atoms with van der Waals surface area (Å²) >= 11 is 0. The Labute approximate surface area is 115 Å². The molecule has 1 aromatic carbocycles. The largest absolute Gasteiger partial charge is 0.505 e. The van der Waals surface area contributed by atoms with Gasteiger partial charge in [-0.2, -0.15) is 0 Å². The van der Waals surface area contributed by atoms with Gasteiger partial charge in [0.2, 0.25) is 0 Å². The second-order valence-electron chi connectivity index (χ2n) is 5.06. The van der Waals surface area contributed by atoms with Crippen LogP contribution in [0.5, 0.6) is 5.75 Å². The number of nitrogens with zero attached hydrogens (tertiary/aromatic N) is 2. The Balaban J connectivity index is 2.25. The summed E-state index contributed by atoms with van der Waals surface area (Å²) in [5.41, 5.74) is 0.560. The Hall–Kier alpha value is -2.17. The minimum atomic E-state index is -0.485. The zero-order valence-electron chi connectivity index (χ0n) is 11.2. The highest BCUT2D eigenvalue weighted by atomic mass is 19.1. The molecule has 0 unspecified atom stereocenters. The number of fused-ring (bicyclic) bond motifs is 1. The Kier molecular flexibility index (Phi) is 3.04. The number of halogens is 1. The van der Waals surface area contributed by atoms with E-state index in [1.807, 2.05) is 0 Å². The summed E-state index contributed by atoms with van der Waals surface area (Å²) in [7, 11) is 0. The van der Waals surface area contributed by atoms with Crippen molar-refractivity contribution in [3.63, 3.8) is 0 Å². The molecule has 1 saturated heterocycles. The lowest BCUT2D eigenvalue weighted by atomic mass is 10.0. The Morgan fingerprint density at radius 1 is 1.35 bits per heavy atom. The fourth-order valence-electron chi connectivity index (χ4n) is 2.65. The highest BCUT2D eigenvalue weighted by Crippen LogP contribution is 2.31. The maximum Gasteiger partial charge on any atom is 0.258 e. The molecule has 1 aliphatic rings. The lowest BCUT2D eigenvalue weighted by Crippen LogP contribution is -2.28. The van der Waals surface area contributed by atoms with Crippen molar-refractivity contribution < 1.29 is 14.3 Å². The molecule has 0 bridgehead atoms. The zero-order valence-corrected chi connectivity index (χ0v) is 11.2. The Morgan fingerprint density at radius 3 is 2.75 bits per heavy atom. The first-order valence-electron chi connectivity index (χ1n) is 6.66. The van der Waals surface area contributed by atoms with Gasteiger partial charge in [0.25, 0.3) is 5.91 Å². The molecular weight excluding hydrogens is 259 g/mol. The lowest BCUT2D eigenvalue weighted by molar-refractivity contribution is 0.0791. The summed E-state index contributed by atoms with van der Waals surface area (Å²) in [6, 6.07) is 4.44. The predicted octanol–water partition coefficient (Wildman–Crippen LogP) is 2.62. The molecule has 1 aromatic heterocycles. The van der Waals surface area contributed by atoms with Crippen LogP contribution in [-0.4, -0.2) is 34.0 Å². The van der Waals surface area contributed by atoms with E-state index >= 15 is 0 Å². The molecule has 1 fully saturated rings. The molecule has 0 spiro atoms. The number of carbonyl (C=O) groups excluding carboxylic acids is 1. The van der Waals surface area contributed by atoms with Crippen LogP contribution >= 0.6 is 0 Å². The number of likely N-dealkylation sites (tertiary alicyclic amines) is 1. The van der Waals surface area contributed by atoms with Gasteiger partial charge in [0.05, 0.1) is 11.3 Å². The van der Waals surface area contributed by atoms with Crippen LogP contribution in [-0.2, 0) is 0 Å². The lowest BCUT2D eigenvalue weighted by Gasteiger charge is -2.18. The van der Waals surface area contributed by atoms with E-state index < -0.39 is 5.82 Å². The van der Waals surface area contributed by atoms with Crippen molar-refractivity contribution in [1.82, 2.24) is 9.88 Å². The van der Waals surface area contributed by atoms with Gasteiger partial charge in [-0.15, -0.1) is 0 Å². The third-order valence-corrected chi connectivity index (χ3v) is 3.72. The van der Waals surface area contributed by atoms with Crippen molar-refractivity contribution in [2.75, 3.05) is 13.1 Å². The molecule has 5 heteroatoms. The van der Waals surface area contributed by atoms with Crippen LogP contribution < -0.4 is 0 Å². The van der Waals surface area contributed by atoms with Crippen LogP contribution in [0.2, 0.25) is 0 Å². The topological polar surface area (TPSA) is 53.4 Å². The number of aromatic hydroxyl groups is 1. The van der Waals surface area contributed by atoms with Crippen LogP contribution in [0.4, 0.5) is 4.39 Å². The molecule has 20 heavy (non-hydrogen) atoms. The summed E-state index contributed by atoms with van der Waals surface area (Å²) in [5.74, 6) is -0.887. The van der Waals surface area contributed by atoms with Crippen LogP contribution in [0.1, 0.15) is 28.9 Å². The van der Waals surface area contributed by atoms with Crippen LogP contribution in [0.3, 0.4) is 0 Å². The van der Waals surface area contributed by atoms with Crippen molar-refractivity contribution in [3.8, 4) is 5.75 Å². The standard InChI is InChI=1S/C15H15FN2O2/c1-9-14(19)12(15(20)18-7-2-3-8-18)10-5-4-6-11(16)13(10)17-9/h4-6,19H,2-3,7-8H2,1H3. The molecule has 0 atom stereocenters. The SMILES string of the molecule is Cc1nc2c(F)cccc2c(C(=O)N2CCCC2)c1O. The van der Waals surface area contributed by atoms with E-state index in [0.717, 1.165) is 12.8 Å². The molecule has 1 amide bonds. The van der Waals surface area contributed by atoms with E-state index in [0.29, 0.717) is 18.5 Å². The maximum atomic E-state index is 13.8. The fraction of sp³-hybridized carbons (Fsp3) is 0.333. The molecule has 1 aliphatic heterocycles. The normalized spacial score (nSPS) is 15.0. The monoisotopic (exact) mass is 274 g/mol. The maximum absolute atomic E-state index is 13.8. The summed E-state index contributed by atoms with van der Waals surface area (Å²) < 4.78 is 13.8. The number of amides is 1. The molecule has 2 aromatic rings. The first-order chi connectivity index (χ1) is 9.59. The highest BCUT2D eigenvalue weighted by molar-refractivity contribution is 6.08. The summed E-state index contributed by atoms with van der Waals surface area (Å²) in [6.45, 7) is 2.93. The van der Waals surface area contributed by atoms with Crippen molar-refractivity contribution in [3.05, 3.63) is 35.3 Å². The average Bonchev–Trinajstić information content (AvgIpc) is 2.95. The van der Waals surface area contributed by atoms with Crippen LogP contribution in [0, 0.1) is 12.7 Å². The quantitative estimate of drug-likeness (QED) is 0.869. The first-order valence-corrected chi connectivity index (χ1v) is 6.66. The molecule has 0 saturated carbocycles. The number of rotatable bonds is 1. The van der Waals surface area contributed by atoms with Gasteiger partial charge >= 0.3 is 0 Å². The van der Waals surface area contributed by atoms with Gasteiger partial charge < -0.3 is 10.0 Å². The van der Waals surface area contributed by atoms with Gasteiger partial charge in [0.15, 0.2) is 0 Å². The van der Waals surface area contributed by atoms with Crippen LogP contribution in [0.25, 0.3) is 10.9 Å². The third-order valence-electron chi connectivity index (χ3n) is 3.72. The fourth-order valence-corrected chi connectivity index (χ4v) is 2.65. The van der Waals surface area contributed by atoms with Crippen molar-refractivity contribution in [1.29, 1.82) is 0 Å². The van der Waals surface area contributed by atoms with Gasteiger partial charge in [-0.05, 0) is 25.8 Å². The number of carbonyl (C=O) groups is 1. The Morgan fingerprint density at radius 2 is 2.05 bits per heavy atom. The van der Waals surface area contributed by atoms with Crippen molar-refractivity contribution in [2.45, 2.75) is 19.8 Å². The second kappa shape index (κ2) is 4.74. The minimum absolute atomic E-state index is 0.130. The average molecular weight is 274 g/mol. The first kappa shape index (κ1) is 12.8. The molecule has 3 rings (SSSR count). The van der Waals surface area contributed by atoms with Crippen LogP contribution in [0.15, 0.2) is 18.2 Å². The summed E-state index contributed by atoms with van der Waals surface area (Å²) in [5, 5.41) is 10.6. The number of hydrogen-bond donors (Lipinski definition) is 1. The van der Waals surface area contributed by atoms with E-state index in [9.17, 15) is 14.3 Å². The molecule has 0 aliphatic carbocycles. The predicted molar refractivity (Wildman–Crippen MR) is 73.2 cm³/mol. The van der Waals surface area contributed by atoms with Gasteiger partial charge in [-0.25, -0.2) is 9.37 Å². The van der Waals surface area contributed by atoms with E-state index in [-0.39, 0.29) is 28.4 Å². The van der Waals surface area contributed by atoms with E-state index in [1.54, 1.807) is 17.9 Å². The molecule has 4 nitrogen and oxygen atoms in total. The van der Waals surface area contributed by atoms with E-state index in [4.69, 9.17) is 0 Å². The number of aromatic nitrogens is 1. The third kappa shape index (κ3) is 1.90. The summed E-state index contributed by atoms with van der Waals surface area (Å²) in [4.78, 5) is 18.3. The zero-order chi connectivity index (χ0) is 14.3. The van der Waals surface area contributed by atoms with E-state index in [1.165, 1.54) is 12.1 Å². The van der Waals surface area contributed by atoms with Crippen molar-refractivity contribution >= 4 is 16.8 Å². The molecule has 104 valence electrons. The second-order valence-corrected chi connectivity index (χ2v) is 5.06. The molecular formula is C15H15FN2O2. The number of benzene rings is 1. The Bertz CT molecular complexity index is 694. The number of aryl methyl sites for hydroxylation is 1. The van der Waals surface area contributed by atoms with Gasteiger partial charge in [0, 0.05) is 18.5 Å². The highest BCUT2D eigenvalue weighted by Gasteiger charge is 2.26.